The van der Waals surface area contributed by atoms with Gasteiger partial charge in [0.15, 0.2) is 0 Å². The maximum Gasteiger partial charge on any atom is 0.258 e. The molecule has 1 amide bonds. The van der Waals surface area contributed by atoms with E-state index in [0.29, 0.717) is 12.0 Å². The molecule has 0 saturated carbocycles. The largest absolute Gasteiger partial charge is 0.324 e. The minimum absolute atomic E-state index is 0.00690. The zero-order valence-corrected chi connectivity index (χ0v) is 11.8. The molecule has 0 bridgehead atoms. The Morgan fingerprint density at radius 1 is 1.19 bits per heavy atom. The van der Waals surface area contributed by atoms with Crippen molar-refractivity contribution < 1.29 is 9.18 Å². The minimum atomic E-state index is -0.347. The number of rotatable bonds is 1. The van der Waals surface area contributed by atoms with Gasteiger partial charge in [-0.25, -0.2) is 4.39 Å². The van der Waals surface area contributed by atoms with E-state index in [-0.39, 0.29) is 23.8 Å². The highest BCUT2D eigenvalue weighted by Crippen LogP contribution is 2.36. The van der Waals surface area contributed by atoms with Gasteiger partial charge in [-0.3, -0.25) is 4.79 Å². The van der Waals surface area contributed by atoms with Gasteiger partial charge >= 0.3 is 0 Å². The third kappa shape index (κ3) is 2.43. The van der Waals surface area contributed by atoms with Crippen molar-refractivity contribution in [3.8, 4) is 0 Å². The molecule has 1 aliphatic heterocycles. The second kappa shape index (κ2) is 5.30. The lowest BCUT2D eigenvalue weighted by Gasteiger charge is -2.38. The number of nitrogens with two attached hydrogens (primary N) is 1. The molecule has 0 aliphatic carbocycles. The number of fused-ring (bicyclic) bond motifs is 1. The molecule has 2 aromatic rings. The molecule has 0 saturated heterocycles. The van der Waals surface area contributed by atoms with Crippen LogP contribution in [0.3, 0.4) is 0 Å². The Balaban J connectivity index is 2.03. The molecular formula is C17H17FN2O. The van der Waals surface area contributed by atoms with Gasteiger partial charge in [0.05, 0.1) is 0 Å². The number of carbonyl (C=O) groups is 1. The highest BCUT2D eigenvalue weighted by molar-refractivity contribution is 6.07. The van der Waals surface area contributed by atoms with Gasteiger partial charge in [0.25, 0.3) is 5.91 Å². The lowest BCUT2D eigenvalue weighted by molar-refractivity contribution is 0.0973. The van der Waals surface area contributed by atoms with Gasteiger partial charge in [-0.1, -0.05) is 18.2 Å². The maximum absolute atomic E-state index is 13.0. The third-order valence-electron chi connectivity index (χ3n) is 3.94. The van der Waals surface area contributed by atoms with Crippen LogP contribution in [-0.2, 0) is 0 Å². The van der Waals surface area contributed by atoms with E-state index in [1.165, 1.54) is 24.3 Å². The van der Waals surface area contributed by atoms with Crippen LogP contribution in [0.15, 0.2) is 48.5 Å². The van der Waals surface area contributed by atoms with Crippen LogP contribution in [0.2, 0.25) is 0 Å². The molecule has 108 valence electrons. The second-order valence-corrected chi connectivity index (χ2v) is 5.43. The first-order valence-corrected chi connectivity index (χ1v) is 7.01. The predicted molar refractivity (Wildman–Crippen MR) is 80.7 cm³/mol. The molecule has 3 nitrogen and oxygen atoms in total. The number of halogens is 1. The van der Waals surface area contributed by atoms with Gasteiger partial charge in [-0.15, -0.1) is 0 Å². The number of amides is 1. The summed E-state index contributed by atoms with van der Waals surface area (Å²) in [7, 11) is 0. The summed E-state index contributed by atoms with van der Waals surface area (Å²) in [6.45, 7) is 1.98. The fourth-order valence-corrected chi connectivity index (χ4v) is 2.90. The average Bonchev–Trinajstić information content (AvgIpc) is 2.48. The predicted octanol–water partition coefficient (Wildman–Crippen LogP) is 3.26. The second-order valence-electron chi connectivity index (χ2n) is 5.43. The molecule has 3 rings (SSSR count). The van der Waals surface area contributed by atoms with Crippen LogP contribution in [0.4, 0.5) is 10.1 Å². The summed E-state index contributed by atoms with van der Waals surface area (Å²) in [4.78, 5) is 14.5. The van der Waals surface area contributed by atoms with Crippen LogP contribution < -0.4 is 10.6 Å². The Hall–Kier alpha value is -2.20. The van der Waals surface area contributed by atoms with E-state index in [9.17, 15) is 9.18 Å². The molecule has 2 N–H and O–H groups in total. The molecule has 21 heavy (non-hydrogen) atoms. The number of hydrogen-bond donors (Lipinski definition) is 1. The van der Waals surface area contributed by atoms with E-state index >= 15 is 0 Å². The van der Waals surface area contributed by atoms with Crippen molar-refractivity contribution in [1.29, 1.82) is 0 Å². The van der Waals surface area contributed by atoms with Crippen LogP contribution in [0.5, 0.6) is 0 Å². The number of para-hydroxylation sites is 1. The fourth-order valence-electron chi connectivity index (χ4n) is 2.90. The summed E-state index contributed by atoms with van der Waals surface area (Å²) in [5.41, 5.74) is 8.47. The first-order valence-electron chi connectivity index (χ1n) is 7.01. The lowest BCUT2D eigenvalue weighted by atomic mass is 9.92. The Kier molecular flexibility index (Phi) is 3.47. The number of nitrogens with zero attached hydrogens (tertiary/aromatic N) is 1. The summed E-state index contributed by atoms with van der Waals surface area (Å²) >= 11 is 0. The molecule has 0 unspecified atom stereocenters. The first kappa shape index (κ1) is 13.8. The van der Waals surface area contributed by atoms with Crippen LogP contribution in [0.1, 0.15) is 35.3 Å². The smallest absolute Gasteiger partial charge is 0.258 e. The monoisotopic (exact) mass is 284 g/mol. The maximum atomic E-state index is 13.0. The zero-order valence-electron chi connectivity index (χ0n) is 11.8. The van der Waals surface area contributed by atoms with Crippen molar-refractivity contribution in [2.24, 2.45) is 5.73 Å². The standard InChI is InChI=1S/C17H17FN2O/c1-11-10-15(19)14-4-2-3-5-16(14)20(11)17(21)12-6-8-13(18)9-7-12/h2-9,11,15H,10,19H2,1H3/t11-,15+/m0/s1. The molecule has 0 fully saturated rings. The topological polar surface area (TPSA) is 46.3 Å². The summed E-state index contributed by atoms with van der Waals surface area (Å²) in [6.07, 6.45) is 0.712. The molecule has 1 aliphatic rings. The zero-order chi connectivity index (χ0) is 15.0. The quantitative estimate of drug-likeness (QED) is 0.873. The third-order valence-corrected chi connectivity index (χ3v) is 3.94. The molecule has 4 heteroatoms. The van der Waals surface area contributed by atoms with E-state index in [1.807, 2.05) is 31.2 Å². The molecule has 0 aromatic heterocycles. The molecule has 1 heterocycles. The van der Waals surface area contributed by atoms with Crippen LogP contribution >= 0.6 is 0 Å². The van der Waals surface area contributed by atoms with Crippen molar-refractivity contribution >= 4 is 11.6 Å². The van der Waals surface area contributed by atoms with Crippen molar-refractivity contribution in [3.63, 3.8) is 0 Å². The van der Waals surface area contributed by atoms with Crippen LogP contribution in [0.25, 0.3) is 0 Å². The number of hydrogen-bond acceptors (Lipinski definition) is 2. The van der Waals surface area contributed by atoms with Gasteiger partial charge in [-0.05, 0) is 49.2 Å². The minimum Gasteiger partial charge on any atom is -0.324 e. The van der Waals surface area contributed by atoms with E-state index in [2.05, 4.69) is 0 Å². The highest BCUT2D eigenvalue weighted by atomic mass is 19.1. The van der Waals surface area contributed by atoms with Crippen LogP contribution in [0, 0.1) is 5.82 Å². The number of benzene rings is 2. The average molecular weight is 284 g/mol. The van der Waals surface area contributed by atoms with E-state index in [4.69, 9.17) is 5.73 Å². The van der Waals surface area contributed by atoms with E-state index in [0.717, 1.165) is 11.3 Å². The Morgan fingerprint density at radius 2 is 1.86 bits per heavy atom. The number of anilines is 1. The van der Waals surface area contributed by atoms with Gasteiger partial charge in [-0.2, -0.15) is 0 Å². The van der Waals surface area contributed by atoms with Crippen molar-refractivity contribution in [2.75, 3.05) is 4.90 Å². The first-order chi connectivity index (χ1) is 10.1. The Morgan fingerprint density at radius 3 is 2.57 bits per heavy atom. The number of carbonyl (C=O) groups excluding carboxylic acids is 1. The summed E-state index contributed by atoms with van der Waals surface area (Å²) < 4.78 is 13.0. The van der Waals surface area contributed by atoms with Crippen molar-refractivity contribution in [3.05, 3.63) is 65.5 Å². The van der Waals surface area contributed by atoms with Gasteiger partial charge in [0, 0.05) is 23.3 Å². The lowest BCUT2D eigenvalue weighted by Crippen LogP contribution is -2.44. The van der Waals surface area contributed by atoms with Gasteiger partial charge < -0.3 is 10.6 Å². The molecule has 0 radical (unpaired) electrons. The van der Waals surface area contributed by atoms with Crippen LogP contribution in [-0.4, -0.2) is 11.9 Å². The molecule has 0 spiro atoms. The normalized spacial score (nSPS) is 21.0. The van der Waals surface area contributed by atoms with Crippen molar-refractivity contribution in [1.82, 2.24) is 0 Å². The molecule has 2 aromatic carbocycles. The van der Waals surface area contributed by atoms with Gasteiger partial charge in [0.1, 0.15) is 5.82 Å². The van der Waals surface area contributed by atoms with E-state index < -0.39 is 0 Å². The Bertz CT molecular complexity index is 669. The SMILES string of the molecule is C[C@H]1C[C@@H](N)c2ccccc2N1C(=O)c1ccc(F)cc1. The van der Waals surface area contributed by atoms with Crippen molar-refractivity contribution in [2.45, 2.75) is 25.4 Å². The fraction of sp³-hybridized carbons (Fsp3) is 0.235. The van der Waals surface area contributed by atoms with E-state index in [1.54, 1.807) is 4.90 Å². The molecular weight excluding hydrogens is 267 g/mol. The molecule has 2 atom stereocenters. The summed E-state index contributed by atoms with van der Waals surface area (Å²) in [5.74, 6) is -0.470. The summed E-state index contributed by atoms with van der Waals surface area (Å²) in [6, 6.07) is 13.3. The summed E-state index contributed by atoms with van der Waals surface area (Å²) in [5, 5.41) is 0. The Labute approximate surface area is 123 Å². The van der Waals surface area contributed by atoms with Gasteiger partial charge in [0.2, 0.25) is 0 Å². The highest BCUT2D eigenvalue weighted by Gasteiger charge is 2.32.